The predicted molar refractivity (Wildman–Crippen MR) is 82.4 cm³/mol. The van der Waals surface area contributed by atoms with Crippen LogP contribution in [0.3, 0.4) is 0 Å². The van der Waals surface area contributed by atoms with E-state index in [1.54, 1.807) is 0 Å². The van der Waals surface area contributed by atoms with Gasteiger partial charge in [0.15, 0.2) is 0 Å². The molecule has 2 aliphatic heterocycles. The van der Waals surface area contributed by atoms with Gasteiger partial charge in [-0.05, 0) is 12.1 Å². The molecule has 4 rings (SSSR count). The van der Waals surface area contributed by atoms with Crippen molar-refractivity contribution >= 4 is 22.8 Å². The number of hydrogen-bond acceptors (Lipinski definition) is 5. The molecule has 2 aromatic rings. The van der Waals surface area contributed by atoms with E-state index < -0.39 is 5.72 Å². The fraction of sp³-hybridized carbons (Fsp3) is 0.438. The van der Waals surface area contributed by atoms with Gasteiger partial charge in [-0.25, -0.2) is 4.98 Å². The van der Waals surface area contributed by atoms with Gasteiger partial charge in [0.25, 0.3) is 0 Å². The molecule has 2 saturated heterocycles. The molecule has 114 valence electrons. The van der Waals surface area contributed by atoms with Crippen molar-refractivity contribution in [3.8, 4) is 0 Å². The number of amides is 1. The lowest BCUT2D eigenvalue weighted by atomic mass is 9.98. The number of piperidine rings is 1. The molecule has 3 heterocycles. The number of nitrogens with one attached hydrogen (secondary N) is 1. The second kappa shape index (κ2) is 5.21. The predicted octanol–water partition coefficient (Wildman–Crippen LogP) is 1.46. The summed E-state index contributed by atoms with van der Waals surface area (Å²) in [4.78, 5) is 23.0. The SMILES string of the molecule is O=C1CCOC2(CCN(c3cnc4ccccc4n3)CC2)N1. The van der Waals surface area contributed by atoms with Crippen molar-refractivity contribution in [1.82, 2.24) is 15.3 Å². The van der Waals surface area contributed by atoms with E-state index in [1.165, 1.54) is 0 Å². The Kier molecular flexibility index (Phi) is 3.18. The van der Waals surface area contributed by atoms with Gasteiger partial charge in [0, 0.05) is 25.9 Å². The third-order valence-electron chi connectivity index (χ3n) is 4.41. The standard InChI is InChI=1S/C16H18N4O2/c21-15-5-10-22-16(19-15)6-8-20(9-7-16)14-11-17-12-3-1-2-4-13(12)18-14/h1-4,11H,5-10H2,(H,19,21). The van der Waals surface area contributed by atoms with Gasteiger partial charge in [0.1, 0.15) is 11.5 Å². The number of hydrogen-bond donors (Lipinski definition) is 1. The van der Waals surface area contributed by atoms with E-state index in [4.69, 9.17) is 4.74 Å². The maximum atomic E-state index is 11.6. The number of anilines is 1. The first-order valence-corrected chi connectivity index (χ1v) is 7.66. The Balaban J connectivity index is 1.51. The third-order valence-corrected chi connectivity index (χ3v) is 4.41. The average Bonchev–Trinajstić information content (AvgIpc) is 2.55. The highest BCUT2D eigenvalue weighted by Crippen LogP contribution is 2.28. The molecule has 1 aromatic heterocycles. The van der Waals surface area contributed by atoms with E-state index in [2.05, 4.69) is 20.2 Å². The molecule has 1 aromatic carbocycles. The fourth-order valence-electron chi connectivity index (χ4n) is 3.16. The molecule has 2 fully saturated rings. The van der Waals surface area contributed by atoms with Crippen molar-refractivity contribution in [1.29, 1.82) is 0 Å². The van der Waals surface area contributed by atoms with Crippen LogP contribution >= 0.6 is 0 Å². The summed E-state index contributed by atoms with van der Waals surface area (Å²) in [5.41, 5.74) is 1.33. The second-order valence-electron chi connectivity index (χ2n) is 5.84. The summed E-state index contributed by atoms with van der Waals surface area (Å²) in [6.45, 7) is 2.11. The van der Waals surface area contributed by atoms with Crippen LogP contribution in [-0.2, 0) is 9.53 Å². The molecule has 0 unspecified atom stereocenters. The van der Waals surface area contributed by atoms with E-state index in [0.29, 0.717) is 13.0 Å². The molecule has 6 nitrogen and oxygen atoms in total. The number of aromatic nitrogens is 2. The number of rotatable bonds is 1. The zero-order valence-corrected chi connectivity index (χ0v) is 12.3. The summed E-state index contributed by atoms with van der Waals surface area (Å²) >= 11 is 0. The number of para-hydroxylation sites is 2. The van der Waals surface area contributed by atoms with E-state index in [-0.39, 0.29) is 5.91 Å². The molecule has 6 heteroatoms. The van der Waals surface area contributed by atoms with Crippen molar-refractivity contribution in [2.75, 3.05) is 24.6 Å². The fourth-order valence-corrected chi connectivity index (χ4v) is 3.16. The maximum Gasteiger partial charge on any atom is 0.224 e. The lowest BCUT2D eigenvalue weighted by molar-refractivity contribution is -0.153. The summed E-state index contributed by atoms with van der Waals surface area (Å²) in [5.74, 6) is 0.973. The van der Waals surface area contributed by atoms with Crippen molar-refractivity contribution < 1.29 is 9.53 Å². The molecule has 1 N–H and O–H groups in total. The van der Waals surface area contributed by atoms with Gasteiger partial charge >= 0.3 is 0 Å². The molecule has 0 aliphatic carbocycles. The van der Waals surface area contributed by atoms with Crippen LogP contribution in [0, 0.1) is 0 Å². The van der Waals surface area contributed by atoms with E-state index in [1.807, 2.05) is 30.5 Å². The first-order chi connectivity index (χ1) is 10.7. The van der Waals surface area contributed by atoms with Gasteiger partial charge in [-0.2, -0.15) is 0 Å². The van der Waals surface area contributed by atoms with Crippen LogP contribution in [0.2, 0.25) is 0 Å². The number of carbonyl (C=O) groups is 1. The van der Waals surface area contributed by atoms with Crippen molar-refractivity contribution in [2.45, 2.75) is 25.0 Å². The summed E-state index contributed by atoms with van der Waals surface area (Å²) < 4.78 is 5.84. The summed E-state index contributed by atoms with van der Waals surface area (Å²) in [6.07, 6.45) is 3.82. The first kappa shape index (κ1) is 13.5. The Morgan fingerprint density at radius 3 is 2.73 bits per heavy atom. The van der Waals surface area contributed by atoms with Crippen LogP contribution in [0.15, 0.2) is 30.5 Å². The number of benzene rings is 1. The molecule has 1 spiro atoms. The zero-order chi connectivity index (χ0) is 15.0. The normalized spacial score (nSPS) is 21.1. The number of carbonyl (C=O) groups excluding carboxylic acids is 1. The van der Waals surface area contributed by atoms with Crippen LogP contribution in [0.1, 0.15) is 19.3 Å². The number of ether oxygens (including phenoxy) is 1. The average molecular weight is 298 g/mol. The van der Waals surface area contributed by atoms with Gasteiger partial charge in [-0.1, -0.05) is 12.1 Å². The highest BCUT2D eigenvalue weighted by molar-refractivity contribution is 5.77. The van der Waals surface area contributed by atoms with Crippen LogP contribution in [-0.4, -0.2) is 41.3 Å². The van der Waals surface area contributed by atoms with Crippen LogP contribution in [0.4, 0.5) is 5.82 Å². The summed E-state index contributed by atoms with van der Waals surface area (Å²) in [5, 5.41) is 3.01. The lowest BCUT2D eigenvalue weighted by Crippen LogP contribution is -2.59. The first-order valence-electron chi connectivity index (χ1n) is 7.66. The molecule has 0 atom stereocenters. The molecule has 0 radical (unpaired) electrons. The third kappa shape index (κ3) is 2.39. The van der Waals surface area contributed by atoms with Gasteiger partial charge in [0.05, 0.1) is 30.3 Å². The van der Waals surface area contributed by atoms with Crippen LogP contribution < -0.4 is 10.2 Å². The largest absolute Gasteiger partial charge is 0.355 e. The Bertz CT molecular complexity index is 710. The van der Waals surface area contributed by atoms with Crippen LogP contribution in [0.25, 0.3) is 11.0 Å². The summed E-state index contributed by atoms with van der Waals surface area (Å²) in [6, 6.07) is 7.87. The summed E-state index contributed by atoms with van der Waals surface area (Å²) in [7, 11) is 0. The number of nitrogens with zero attached hydrogens (tertiary/aromatic N) is 3. The van der Waals surface area contributed by atoms with Crippen LogP contribution in [0.5, 0.6) is 0 Å². The van der Waals surface area contributed by atoms with Gasteiger partial charge in [-0.15, -0.1) is 0 Å². The smallest absolute Gasteiger partial charge is 0.224 e. The monoisotopic (exact) mass is 298 g/mol. The molecule has 22 heavy (non-hydrogen) atoms. The van der Waals surface area contributed by atoms with Crippen molar-refractivity contribution in [2.24, 2.45) is 0 Å². The molecular weight excluding hydrogens is 280 g/mol. The Labute approximate surface area is 128 Å². The lowest BCUT2D eigenvalue weighted by Gasteiger charge is -2.44. The maximum absolute atomic E-state index is 11.6. The second-order valence-corrected chi connectivity index (χ2v) is 5.84. The number of fused-ring (bicyclic) bond motifs is 1. The molecule has 0 bridgehead atoms. The zero-order valence-electron chi connectivity index (χ0n) is 12.3. The van der Waals surface area contributed by atoms with Gasteiger partial charge in [0.2, 0.25) is 5.91 Å². The van der Waals surface area contributed by atoms with E-state index in [9.17, 15) is 4.79 Å². The molecule has 2 aliphatic rings. The van der Waals surface area contributed by atoms with Crippen molar-refractivity contribution in [3.63, 3.8) is 0 Å². The molecule has 1 amide bonds. The Morgan fingerprint density at radius 2 is 1.95 bits per heavy atom. The minimum Gasteiger partial charge on any atom is -0.355 e. The Hall–Kier alpha value is -2.21. The molecular formula is C16H18N4O2. The van der Waals surface area contributed by atoms with Crippen molar-refractivity contribution in [3.05, 3.63) is 30.5 Å². The highest BCUT2D eigenvalue weighted by Gasteiger charge is 2.39. The highest BCUT2D eigenvalue weighted by atomic mass is 16.5. The topological polar surface area (TPSA) is 67.3 Å². The molecule has 0 saturated carbocycles. The quantitative estimate of drug-likeness (QED) is 0.863. The Morgan fingerprint density at radius 1 is 1.18 bits per heavy atom. The minimum atomic E-state index is -0.476. The minimum absolute atomic E-state index is 0.0881. The van der Waals surface area contributed by atoms with E-state index >= 15 is 0 Å². The van der Waals surface area contributed by atoms with Gasteiger partial charge in [-0.3, -0.25) is 9.78 Å². The van der Waals surface area contributed by atoms with Gasteiger partial charge < -0.3 is 15.0 Å². The van der Waals surface area contributed by atoms with E-state index in [0.717, 1.165) is 42.8 Å².